The van der Waals surface area contributed by atoms with Crippen LogP contribution in [0.4, 0.5) is 17.1 Å². The highest BCUT2D eigenvalue weighted by Gasteiger charge is 2.10. The number of nitriles is 1. The molecule has 0 radical (unpaired) electrons. The third-order valence-corrected chi connectivity index (χ3v) is 4.20. The van der Waals surface area contributed by atoms with Crippen LogP contribution >= 0.6 is 11.6 Å². The van der Waals surface area contributed by atoms with E-state index < -0.39 is 0 Å². The van der Waals surface area contributed by atoms with Gasteiger partial charge in [0, 0.05) is 28.3 Å². The van der Waals surface area contributed by atoms with Gasteiger partial charge in [-0.3, -0.25) is 9.78 Å². The van der Waals surface area contributed by atoms with E-state index in [2.05, 4.69) is 15.6 Å². The Kier molecular flexibility index (Phi) is 5.16. The highest BCUT2D eigenvalue weighted by molar-refractivity contribution is 6.31. The quantitative estimate of drug-likeness (QED) is 0.691. The van der Waals surface area contributed by atoms with E-state index in [1.807, 2.05) is 31.2 Å². The fourth-order valence-corrected chi connectivity index (χ4v) is 2.57. The molecule has 26 heavy (non-hydrogen) atoms. The minimum atomic E-state index is -0.355. The summed E-state index contributed by atoms with van der Waals surface area (Å²) in [5, 5.41) is 15.6. The number of hydrogen-bond acceptors (Lipinski definition) is 4. The first-order valence-electron chi connectivity index (χ1n) is 7.86. The highest BCUT2D eigenvalue weighted by atomic mass is 35.5. The summed E-state index contributed by atoms with van der Waals surface area (Å²) in [5.41, 5.74) is 3.78. The average molecular weight is 363 g/mol. The van der Waals surface area contributed by atoms with Crippen LogP contribution in [0, 0.1) is 18.3 Å². The number of nitrogens with one attached hydrogen (secondary N) is 2. The molecule has 0 saturated carbocycles. The van der Waals surface area contributed by atoms with Crippen molar-refractivity contribution in [2.75, 3.05) is 10.6 Å². The van der Waals surface area contributed by atoms with E-state index in [-0.39, 0.29) is 11.6 Å². The minimum Gasteiger partial charge on any atom is -0.355 e. The Morgan fingerprint density at radius 3 is 2.73 bits per heavy atom. The van der Waals surface area contributed by atoms with Gasteiger partial charge in [0.15, 0.2) is 0 Å². The molecule has 3 rings (SSSR count). The molecule has 1 heterocycles. The lowest BCUT2D eigenvalue weighted by molar-refractivity contribution is 0.102. The van der Waals surface area contributed by atoms with Gasteiger partial charge in [0.2, 0.25) is 0 Å². The van der Waals surface area contributed by atoms with E-state index in [1.165, 1.54) is 0 Å². The number of anilines is 3. The second-order valence-electron chi connectivity index (χ2n) is 5.61. The monoisotopic (exact) mass is 362 g/mol. The number of carbonyl (C=O) groups excluding carboxylic acids is 1. The number of halogens is 1. The van der Waals surface area contributed by atoms with Crippen molar-refractivity contribution in [3.63, 3.8) is 0 Å². The molecule has 128 valence electrons. The van der Waals surface area contributed by atoms with E-state index in [0.29, 0.717) is 16.3 Å². The lowest BCUT2D eigenvalue weighted by Gasteiger charge is -2.11. The molecule has 6 heteroatoms. The van der Waals surface area contributed by atoms with Gasteiger partial charge >= 0.3 is 0 Å². The average Bonchev–Trinajstić information content (AvgIpc) is 2.66. The molecule has 3 aromatic rings. The maximum atomic E-state index is 12.4. The minimum absolute atomic E-state index is 0.261. The predicted octanol–water partition coefficient (Wildman–Crippen LogP) is 4.91. The number of hydrogen-bond donors (Lipinski definition) is 2. The molecule has 1 amide bonds. The van der Waals surface area contributed by atoms with Crippen molar-refractivity contribution in [3.8, 4) is 6.07 Å². The lowest BCUT2D eigenvalue weighted by atomic mass is 10.2. The van der Waals surface area contributed by atoms with Gasteiger partial charge < -0.3 is 10.6 Å². The zero-order valence-corrected chi connectivity index (χ0v) is 14.7. The summed E-state index contributed by atoms with van der Waals surface area (Å²) in [6.07, 6.45) is 1.56. The summed E-state index contributed by atoms with van der Waals surface area (Å²) in [6, 6.07) is 17.8. The maximum absolute atomic E-state index is 12.4. The smallest absolute Gasteiger partial charge is 0.274 e. The topological polar surface area (TPSA) is 77.8 Å². The molecule has 0 unspecified atom stereocenters. The van der Waals surface area contributed by atoms with Gasteiger partial charge in [0.1, 0.15) is 5.69 Å². The number of amides is 1. The standard InChI is InChI=1S/C20H15ClN4O/c1-13-17(21)6-3-7-18(13)24-16-8-9-23-19(11-16)20(26)25-15-5-2-4-14(10-15)12-22/h2-11H,1H3,(H,23,24)(H,25,26). The first kappa shape index (κ1) is 17.5. The van der Waals surface area contributed by atoms with Crippen molar-refractivity contribution >= 4 is 34.6 Å². The van der Waals surface area contributed by atoms with Crippen LogP contribution in [0.2, 0.25) is 5.02 Å². The number of nitrogens with zero attached hydrogens (tertiary/aromatic N) is 2. The van der Waals surface area contributed by atoms with Gasteiger partial charge in [-0.15, -0.1) is 0 Å². The first-order chi connectivity index (χ1) is 12.6. The van der Waals surface area contributed by atoms with Gasteiger partial charge in [-0.2, -0.15) is 5.26 Å². The van der Waals surface area contributed by atoms with Crippen molar-refractivity contribution in [2.24, 2.45) is 0 Å². The molecule has 0 saturated heterocycles. The first-order valence-corrected chi connectivity index (χ1v) is 8.24. The lowest BCUT2D eigenvalue weighted by Crippen LogP contribution is -2.14. The van der Waals surface area contributed by atoms with Crippen LogP contribution < -0.4 is 10.6 Å². The largest absolute Gasteiger partial charge is 0.355 e. The number of benzene rings is 2. The second-order valence-corrected chi connectivity index (χ2v) is 6.02. The number of rotatable bonds is 4. The molecule has 0 spiro atoms. The third kappa shape index (κ3) is 4.00. The summed E-state index contributed by atoms with van der Waals surface area (Å²) in [7, 11) is 0. The van der Waals surface area contributed by atoms with E-state index in [4.69, 9.17) is 16.9 Å². The molecule has 0 aliphatic rings. The Labute approximate surface area is 156 Å². The number of pyridine rings is 1. The number of carbonyl (C=O) groups is 1. The van der Waals surface area contributed by atoms with Crippen LogP contribution in [0.15, 0.2) is 60.8 Å². The van der Waals surface area contributed by atoms with E-state index in [9.17, 15) is 4.79 Å². The molecular formula is C20H15ClN4O. The predicted molar refractivity (Wildman–Crippen MR) is 103 cm³/mol. The Hall–Kier alpha value is -3.36. The molecule has 1 aromatic heterocycles. The van der Waals surface area contributed by atoms with Gasteiger partial charge in [0.25, 0.3) is 5.91 Å². The maximum Gasteiger partial charge on any atom is 0.274 e. The highest BCUT2D eigenvalue weighted by Crippen LogP contribution is 2.26. The van der Waals surface area contributed by atoms with Crippen molar-refractivity contribution in [1.29, 1.82) is 5.26 Å². The number of aromatic nitrogens is 1. The molecule has 2 aromatic carbocycles. The van der Waals surface area contributed by atoms with Crippen molar-refractivity contribution in [3.05, 3.63) is 82.6 Å². The second kappa shape index (κ2) is 7.68. The summed E-state index contributed by atoms with van der Waals surface area (Å²) >= 11 is 6.14. The van der Waals surface area contributed by atoms with Crippen LogP contribution in [0.1, 0.15) is 21.6 Å². The van der Waals surface area contributed by atoms with E-state index >= 15 is 0 Å². The van der Waals surface area contributed by atoms with Crippen molar-refractivity contribution in [1.82, 2.24) is 4.98 Å². The van der Waals surface area contributed by atoms with Gasteiger partial charge in [-0.25, -0.2) is 0 Å². The molecule has 0 bridgehead atoms. The van der Waals surface area contributed by atoms with E-state index in [0.717, 1.165) is 16.9 Å². The zero-order chi connectivity index (χ0) is 18.5. The Morgan fingerprint density at radius 2 is 1.92 bits per heavy atom. The zero-order valence-electron chi connectivity index (χ0n) is 14.0. The fraction of sp³-hybridized carbons (Fsp3) is 0.0500. The Morgan fingerprint density at radius 1 is 1.12 bits per heavy atom. The van der Waals surface area contributed by atoms with Crippen molar-refractivity contribution < 1.29 is 4.79 Å². The molecule has 0 atom stereocenters. The molecule has 2 N–H and O–H groups in total. The summed E-state index contributed by atoms with van der Waals surface area (Å²) in [6.45, 7) is 1.92. The third-order valence-electron chi connectivity index (χ3n) is 3.79. The molecule has 0 aliphatic heterocycles. The normalized spacial score (nSPS) is 10.0. The van der Waals surface area contributed by atoms with Crippen LogP contribution in [0.3, 0.4) is 0 Å². The van der Waals surface area contributed by atoms with Gasteiger partial charge in [-0.1, -0.05) is 23.7 Å². The summed E-state index contributed by atoms with van der Waals surface area (Å²) < 4.78 is 0. The fourth-order valence-electron chi connectivity index (χ4n) is 2.39. The molecular weight excluding hydrogens is 348 g/mol. The Bertz CT molecular complexity index is 1010. The van der Waals surface area contributed by atoms with Crippen LogP contribution in [0.5, 0.6) is 0 Å². The SMILES string of the molecule is Cc1c(Cl)cccc1Nc1ccnc(C(=O)Nc2cccc(C#N)c2)c1. The molecule has 0 aliphatic carbocycles. The van der Waals surface area contributed by atoms with Crippen molar-refractivity contribution in [2.45, 2.75) is 6.92 Å². The van der Waals surface area contributed by atoms with Crippen LogP contribution in [-0.2, 0) is 0 Å². The van der Waals surface area contributed by atoms with E-state index in [1.54, 1.807) is 42.6 Å². The van der Waals surface area contributed by atoms with Crippen LogP contribution in [0.25, 0.3) is 0 Å². The molecule has 5 nitrogen and oxygen atoms in total. The van der Waals surface area contributed by atoms with Gasteiger partial charge in [0.05, 0.1) is 11.6 Å². The molecule has 0 fully saturated rings. The summed E-state index contributed by atoms with van der Waals surface area (Å²) in [4.78, 5) is 16.6. The Balaban J connectivity index is 1.79. The van der Waals surface area contributed by atoms with Crippen LogP contribution in [-0.4, -0.2) is 10.9 Å². The summed E-state index contributed by atoms with van der Waals surface area (Å²) in [5.74, 6) is -0.355. The van der Waals surface area contributed by atoms with Gasteiger partial charge in [-0.05, 0) is 55.0 Å².